The van der Waals surface area contributed by atoms with Crippen LogP contribution in [0.2, 0.25) is 0 Å². The Morgan fingerprint density at radius 3 is 2.72 bits per heavy atom. The first kappa shape index (κ1) is 11.2. The highest BCUT2D eigenvalue weighted by Crippen LogP contribution is 2.30. The molecule has 0 saturated carbocycles. The lowest BCUT2D eigenvalue weighted by Crippen LogP contribution is -2.07. The van der Waals surface area contributed by atoms with Crippen molar-refractivity contribution in [2.75, 3.05) is 0 Å². The van der Waals surface area contributed by atoms with Gasteiger partial charge in [0.2, 0.25) is 0 Å². The fourth-order valence-corrected chi connectivity index (χ4v) is 3.71. The van der Waals surface area contributed by atoms with Gasteiger partial charge in [-0.3, -0.25) is 4.79 Å². The quantitative estimate of drug-likeness (QED) is 0.729. The van der Waals surface area contributed by atoms with Gasteiger partial charge in [0.25, 0.3) is 0 Å². The number of fused-ring (bicyclic) bond motifs is 2. The van der Waals surface area contributed by atoms with Crippen molar-refractivity contribution < 1.29 is 17.6 Å². The Morgan fingerprint density at radius 1 is 1.17 bits per heavy atom. The molecule has 1 aliphatic rings. The Morgan fingerprint density at radius 2 is 1.94 bits per heavy atom. The second kappa shape index (κ2) is 3.55. The van der Waals surface area contributed by atoms with Crippen LogP contribution in [0.15, 0.2) is 39.8 Å². The monoisotopic (exact) mass is 262 g/mol. The lowest BCUT2D eigenvalue weighted by molar-refractivity contribution is 0.103. The van der Waals surface area contributed by atoms with Crippen molar-refractivity contribution in [2.45, 2.75) is 17.6 Å². The van der Waals surface area contributed by atoms with Crippen molar-refractivity contribution >= 4 is 15.6 Å². The van der Waals surface area contributed by atoms with Gasteiger partial charge in [-0.05, 0) is 30.7 Å². The summed E-state index contributed by atoms with van der Waals surface area (Å²) < 4.78 is 29.6. The minimum absolute atomic E-state index is 0.0962. The topological polar surface area (TPSA) is 64.3 Å². The Labute approximate surface area is 104 Å². The van der Waals surface area contributed by atoms with Gasteiger partial charge in [0, 0.05) is 5.56 Å². The molecule has 0 unspecified atom stereocenters. The average molecular weight is 262 g/mol. The molecular formula is C13H10O4S. The minimum Gasteiger partial charge on any atom is -0.467 e. The van der Waals surface area contributed by atoms with E-state index in [1.54, 1.807) is 19.1 Å². The number of rotatable bonds is 0. The third-order valence-electron chi connectivity index (χ3n) is 3.03. The molecule has 1 aliphatic heterocycles. The van der Waals surface area contributed by atoms with E-state index in [4.69, 9.17) is 4.42 Å². The summed E-state index contributed by atoms with van der Waals surface area (Å²) in [6, 6.07) is 6.35. The summed E-state index contributed by atoms with van der Waals surface area (Å²) in [4.78, 5) is 12.4. The predicted octanol–water partition coefficient (Wildman–Crippen LogP) is 2.11. The largest absolute Gasteiger partial charge is 0.467 e. The van der Waals surface area contributed by atoms with Crippen LogP contribution in [0.4, 0.5) is 0 Å². The molecule has 0 amide bonds. The van der Waals surface area contributed by atoms with Gasteiger partial charge >= 0.3 is 0 Å². The van der Waals surface area contributed by atoms with Gasteiger partial charge in [-0.25, -0.2) is 8.42 Å². The fraction of sp³-hybridized carbons (Fsp3) is 0.154. The molecule has 0 bridgehead atoms. The summed E-state index contributed by atoms with van der Waals surface area (Å²) in [6.07, 6.45) is 1.34. The van der Waals surface area contributed by atoms with Crippen molar-refractivity contribution in [2.24, 2.45) is 0 Å². The number of ketones is 1. The number of sulfone groups is 1. The molecule has 0 radical (unpaired) electrons. The van der Waals surface area contributed by atoms with Crippen LogP contribution in [0.3, 0.4) is 0 Å². The Balaban J connectivity index is 2.39. The van der Waals surface area contributed by atoms with Crippen molar-refractivity contribution in [3.05, 3.63) is 53.0 Å². The van der Waals surface area contributed by atoms with E-state index >= 15 is 0 Å². The summed E-state index contributed by atoms with van der Waals surface area (Å²) in [5.74, 6) is -0.346. The van der Waals surface area contributed by atoms with Crippen LogP contribution in [0.1, 0.15) is 27.2 Å². The number of hydrogen-bond donors (Lipinski definition) is 0. The van der Waals surface area contributed by atoms with Gasteiger partial charge in [0.05, 0.1) is 16.7 Å². The van der Waals surface area contributed by atoms with Crippen molar-refractivity contribution in [3.8, 4) is 0 Å². The Hall–Kier alpha value is -1.88. The minimum atomic E-state index is -3.53. The molecule has 2 heterocycles. The maximum atomic E-state index is 12.3. The maximum Gasteiger partial charge on any atom is 0.197 e. The van der Waals surface area contributed by atoms with E-state index in [2.05, 4.69) is 0 Å². The van der Waals surface area contributed by atoms with Gasteiger partial charge in [-0.2, -0.15) is 0 Å². The highest BCUT2D eigenvalue weighted by Gasteiger charge is 2.32. The molecule has 2 aromatic rings. The van der Waals surface area contributed by atoms with E-state index in [0.717, 1.165) is 5.56 Å². The molecular weight excluding hydrogens is 252 g/mol. The molecule has 0 aliphatic carbocycles. The fourth-order valence-electron chi connectivity index (χ4n) is 2.12. The first-order valence-electron chi connectivity index (χ1n) is 5.43. The Kier molecular flexibility index (Phi) is 2.22. The third kappa shape index (κ3) is 1.51. The molecule has 0 atom stereocenters. The smallest absolute Gasteiger partial charge is 0.197 e. The van der Waals surface area contributed by atoms with E-state index in [9.17, 15) is 13.2 Å². The lowest BCUT2D eigenvalue weighted by Gasteiger charge is -2.05. The highest BCUT2D eigenvalue weighted by atomic mass is 32.2. The number of benzene rings is 1. The molecule has 0 spiro atoms. The number of furan rings is 1. The summed E-state index contributed by atoms with van der Waals surface area (Å²) >= 11 is 0. The molecule has 3 rings (SSSR count). The summed E-state index contributed by atoms with van der Waals surface area (Å²) in [7, 11) is -3.53. The van der Waals surface area contributed by atoms with Crippen LogP contribution in [-0.2, 0) is 15.6 Å². The number of carbonyl (C=O) groups excluding carboxylic acids is 1. The zero-order valence-corrected chi connectivity index (χ0v) is 10.5. The molecule has 1 aromatic carbocycles. The zero-order chi connectivity index (χ0) is 12.9. The van der Waals surface area contributed by atoms with E-state index in [1.807, 2.05) is 0 Å². The SMILES string of the molecule is Cc1ccc2c(c1)S(=O)(=O)Cc1occc1C2=O. The first-order chi connectivity index (χ1) is 8.49. The second-order valence-electron chi connectivity index (χ2n) is 4.35. The van der Waals surface area contributed by atoms with Crippen molar-refractivity contribution in [3.63, 3.8) is 0 Å². The predicted molar refractivity (Wildman–Crippen MR) is 64.2 cm³/mol. The van der Waals surface area contributed by atoms with Crippen LogP contribution < -0.4 is 0 Å². The first-order valence-corrected chi connectivity index (χ1v) is 7.09. The van der Waals surface area contributed by atoms with Gasteiger partial charge in [-0.1, -0.05) is 6.07 Å². The number of aryl methyl sites for hydroxylation is 1. The molecule has 0 N–H and O–H groups in total. The molecule has 92 valence electrons. The maximum absolute atomic E-state index is 12.3. The lowest BCUT2D eigenvalue weighted by atomic mass is 10.0. The van der Waals surface area contributed by atoms with Gasteiger partial charge in [-0.15, -0.1) is 0 Å². The van der Waals surface area contributed by atoms with Gasteiger partial charge in [0.1, 0.15) is 11.5 Å². The van der Waals surface area contributed by atoms with E-state index in [0.29, 0.717) is 5.56 Å². The number of hydrogen-bond acceptors (Lipinski definition) is 4. The van der Waals surface area contributed by atoms with Gasteiger partial charge in [0.15, 0.2) is 15.6 Å². The van der Waals surface area contributed by atoms with Crippen LogP contribution in [0.25, 0.3) is 0 Å². The molecule has 5 heteroatoms. The van der Waals surface area contributed by atoms with Crippen LogP contribution in [-0.4, -0.2) is 14.2 Å². The van der Waals surface area contributed by atoms with Crippen LogP contribution in [0, 0.1) is 6.92 Å². The van der Waals surface area contributed by atoms with Gasteiger partial charge < -0.3 is 4.42 Å². The molecule has 1 aromatic heterocycles. The average Bonchev–Trinajstić information content (AvgIpc) is 2.72. The molecule has 0 fully saturated rings. The van der Waals surface area contributed by atoms with Crippen LogP contribution >= 0.6 is 0 Å². The van der Waals surface area contributed by atoms with Crippen molar-refractivity contribution in [1.82, 2.24) is 0 Å². The normalized spacial score (nSPS) is 16.8. The van der Waals surface area contributed by atoms with E-state index in [1.165, 1.54) is 18.4 Å². The zero-order valence-electron chi connectivity index (χ0n) is 9.64. The standard InChI is InChI=1S/C13H10O4S/c1-8-2-3-10-12(6-8)18(15,16)7-11-9(13(10)14)4-5-17-11/h2-6H,7H2,1H3. The molecule has 18 heavy (non-hydrogen) atoms. The van der Waals surface area contributed by atoms with E-state index < -0.39 is 9.84 Å². The third-order valence-corrected chi connectivity index (χ3v) is 4.68. The van der Waals surface area contributed by atoms with Crippen molar-refractivity contribution in [1.29, 1.82) is 0 Å². The van der Waals surface area contributed by atoms with Crippen LogP contribution in [0.5, 0.6) is 0 Å². The number of carbonyl (C=O) groups is 1. The molecule has 0 saturated heterocycles. The summed E-state index contributed by atoms with van der Waals surface area (Å²) in [6.45, 7) is 1.79. The summed E-state index contributed by atoms with van der Waals surface area (Å²) in [5.41, 5.74) is 1.37. The summed E-state index contributed by atoms with van der Waals surface area (Å²) in [5, 5.41) is 0. The highest BCUT2D eigenvalue weighted by molar-refractivity contribution is 7.90. The van der Waals surface area contributed by atoms with E-state index in [-0.39, 0.29) is 27.8 Å². The second-order valence-corrected chi connectivity index (χ2v) is 6.30. The Bertz CT molecular complexity index is 753. The molecule has 4 nitrogen and oxygen atoms in total.